The fraction of sp³-hybridized carbons (Fsp3) is 0.333. The van der Waals surface area contributed by atoms with E-state index in [1.54, 1.807) is 0 Å². The summed E-state index contributed by atoms with van der Waals surface area (Å²) in [4.78, 5) is 30.3. The zero-order valence-electron chi connectivity index (χ0n) is 24.1. The van der Waals surface area contributed by atoms with Gasteiger partial charge >= 0.3 is 6.09 Å². The Morgan fingerprint density at radius 2 is 1.60 bits per heavy atom. The Balaban J connectivity index is 1.38. The van der Waals surface area contributed by atoms with E-state index in [2.05, 4.69) is 27.6 Å². The number of hydrogen-bond donors (Lipinski definition) is 2. The van der Waals surface area contributed by atoms with E-state index in [-0.39, 0.29) is 18.3 Å². The number of nitrogens with two attached hydrogens (primary N) is 1. The highest BCUT2D eigenvalue weighted by Gasteiger charge is 2.33. The Morgan fingerprint density at radius 3 is 2.26 bits per heavy atom. The largest absolute Gasteiger partial charge is 0.493 e. The standard InChI is InChI=1S/C33H38N4O5/c1-33(2,26-16-18-27(19-17-26)40-22-20-24-11-5-3-6-12-24)31-36-30(37-42-31)29(38)28(15-9-10-21-34)35-32(39)41-23-25-13-7-4-8-14-25/h3-8,11-14,16-19,28H,9-10,15,20-23,34H2,1-2H3,(H,35,39). The number of nitrogens with zero attached hydrogens (tertiary/aromatic N) is 2. The summed E-state index contributed by atoms with van der Waals surface area (Å²) in [6.07, 6.45) is 1.85. The van der Waals surface area contributed by atoms with Crippen LogP contribution in [0.4, 0.5) is 4.79 Å². The summed E-state index contributed by atoms with van der Waals surface area (Å²) < 4.78 is 16.8. The molecule has 1 unspecified atom stereocenters. The van der Waals surface area contributed by atoms with E-state index in [9.17, 15) is 9.59 Å². The van der Waals surface area contributed by atoms with Gasteiger partial charge in [-0.1, -0.05) is 78.0 Å². The van der Waals surface area contributed by atoms with Crippen LogP contribution < -0.4 is 15.8 Å². The molecule has 0 fully saturated rings. The van der Waals surface area contributed by atoms with Gasteiger partial charge in [0.15, 0.2) is 0 Å². The SMILES string of the molecule is CC(C)(c1ccc(OCCc2ccccc2)cc1)c1nc(C(=O)C(CCCCN)NC(=O)OCc2ccccc2)no1. The lowest BCUT2D eigenvalue weighted by atomic mass is 9.84. The molecule has 0 saturated heterocycles. The number of nitrogens with one attached hydrogen (secondary N) is 1. The number of rotatable bonds is 15. The number of alkyl carbamates (subject to hydrolysis) is 1. The molecule has 4 rings (SSSR count). The maximum absolute atomic E-state index is 13.4. The van der Waals surface area contributed by atoms with Crippen molar-refractivity contribution in [2.24, 2.45) is 5.73 Å². The molecular formula is C33H38N4O5. The fourth-order valence-corrected chi connectivity index (χ4v) is 4.42. The van der Waals surface area contributed by atoms with Gasteiger partial charge in [-0.05, 0) is 68.5 Å². The van der Waals surface area contributed by atoms with Crippen LogP contribution in [0.3, 0.4) is 0 Å². The Labute approximate surface area is 246 Å². The second-order valence-electron chi connectivity index (χ2n) is 10.6. The Kier molecular flexibility index (Phi) is 10.8. The van der Waals surface area contributed by atoms with E-state index >= 15 is 0 Å². The van der Waals surface area contributed by atoms with Gasteiger partial charge in [0.25, 0.3) is 0 Å². The topological polar surface area (TPSA) is 130 Å². The summed E-state index contributed by atoms with van der Waals surface area (Å²) in [5, 5.41) is 6.64. The Morgan fingerprint density at radius 1 is 0.929 bits per heavy atom. The molecule has 0 saturated carbocycles. The van der Waals surface area contributed by atoms with Gasteiger partial charge in [0.1, 0.15) is 12.4 Å². The number of ketones is 1. The molecule has 1 atom stereocenters. The third-order valence-electron chi connectivity index (χ3n) is 7.03. The van der Waals surface area contributed by atoms with Crippen LogP contribution in [-0.2, 0) is 23.2 Å². The first kappa shape index (κ1) is 30.5. The van der Waals surface area contributed by atoms with Crippen LogP contribution >= 0.6 is 0 Å². The minimum absolute atomic E-state index is 0.0911. The summed E-state index contributed by atoms with van der Waals surface area (Å²) in [5.41, 5.74) is 7.94. The van der Waals surface area contributed by atoms with Gasteiger partial charge in [0.2, 0.25) is 17.5 Å². The highest BCUT2D eigenvalue weighted by molar-refractivity contribution is 5.98. The summed E-state index contributed by atoms with van der Waals surface area (Å²) in [6, 6.07) is 26.3. The number of amides is 1. The number of carbonyl (C=O) groups excluding carboxylic acids is 2. The number of unbranched alkanes of at least 4 members (excludes halogenated alkanes) is 1. The summed E-state index contributed by atoms with van der Waals surface area (Å²) in [7, 11) is 0. The second kappa shape index (κ2) is 14.9. The lowest BCUT2D eigenvalue weighted by Gasteiger charge is -2.20. The normalized spacial score (nSPS) is 12.0. The zero-order chi connectivity index (χ0) is 29.8. The predicted molar refractivity (Wildman–Crippen MR) is 159 cm³/mol. The van der Waals surface area contributed by atoms with E-state index in [0.717, 1.165) is 23.3 Å². The van der Waals surface area contributed by atoms with Gasteiger partial charge in [0.05, 0.1) is 18.1 Å². The molecule has 9 heteroatoms. The predicted octanol–water partition coefficient (Wildman–Crippen LogP) is 5.62. The molecule has 220 valence electrons. The molecule has 4 aromatic rings. The van der Waals surface area contributed by atoms with Crippen molar-refractivity contribution in [3.05, 3.63) is 113 Å². The fourth-order valence-electron chi connectivity index (χ4n) is 4.42. The molecule has 3 N–H and O–H groups in total. The number of Topliss-reactive ketones (excluding diaryl/α,β-unsaturated/α-hetero) is 1. The molecule has 1 amide bonds. The van der Waals surface area contributed by atoms with Crippen LogP contribution in [0.5, 0.6) is 5.75 Å². The monoisotopic (exact) mass is 570 g/mol. The van der Waals surface area contributed by atoms with Gasteiger partial charge in [-0.3, -0.25) is 4.79 Å². The van der Waals surface area contributed by atoms with Crippen molar-refractivity contribution in [2.45, 2.75) is 57.6 Å². The first-order valence-corrected chi connectivity index (χ1v) is 14.2. The van der Waals surface area contributed by atoms with Crippen LogP contribution in [0.2, 0.25) is 0 Å². The maximum Gasteiger partial charge on any atom is 0.408 e. The minimum atomic E-state index is -0.874. The van der Waals surface area contributed by atoms with Gasteiger partial charge < -0.3 is 25.0 Å². The van der Waals surface area contributed by atoms with Crippen LogP contribution in [0.1, 0.15) is 66.3 Å². The van der Waals surface area contributed by atoms with Crippen molar-refractivity contribution < 1.29 is 23.6 Å². The molecule has 0 aliphatic carbocycles. The molecule has 1 heterocycles. The highest BCUT2D eigenvalue weighted by atomic mass is 16.5. The molecular weight excluding hydrogens is 532 g/mol. The van der Waals surface area contributed by atoms with Crippen molar-refractivity contribution in [1.82, 2.24) is 15.5 Å². The number of benzene rings is 3. The molecule has 1 aromatic heterocycles. The van der Waals surface area contributed by atoms with E-state index in [1.165, 1.54) is 5.56 Å². The van der Waals surface area contributed by atoms with Crippen LogP contribution in [-0.4, -0.2) is 41.2 Å². The third-order valence-corrected chi connectivity index (χ3v) is 7.03. The first-order valence-electron chi connectivity index (χ1n) is 14.2. The number of ether oxygens (including phenoxy) is 2. The second-order valence-corrected chi connectivity index (χ2v) is 10.6. The van der Waals surface area contributed by atoms with Crippen molar-refractivity contribution in [1.29, 1.82) is 0 Å². The first-order chi connectivity index (χ1) is 20.4. The summed E-state index contributed by atoms with van der Waals surface area (Å²) in [5.74, 6) is 0.505. The number of hydrogen-bond acceptors (Lipinski definition) is 8. The maximum atomic E-state index is 13.4. The molecule has 42 heavy (non-hydrogen) atoms. The zero-order valence-corrected chi connectivity index (χ0v) is 24.1. The molecule has 3 aromatic carbocycles. The van der Waals surface area contributed by atoms with E-state index in [1.807, 2.05) is 86.6 Å². The van der Waals surface area contributed by atoms with Gasteiger partial charge in [-0.25, -0.2) is 4.79 Å². The van der Waals surface area contributed by atoms with Gasteiger partial charge in [0, 0.05) is 6.42 Å². The van der Waals surface area contributed by atoms with Crippen LogP contribution in [0, 0.1) is 0 Å². The van der Waals surface area contributed by atoms with Gasteiger partial charge in [-0.15, -0.1) is 0 Å². The minimum Gasteiger partial charge on any atom is -0.493 e. The summed E-state index contributed by atoms with van der Waals surface area (Å²) in [6.45, 7) is 5.03. The number of carbonyl (C=O) groups is 2. The molecule has 0 aliphatic rings. The molecule has 0 radical (unpaired) electrons. The lowest BCUT2D eigenvalue weighted by molar-refractivity contribution is 0.0896. The van der Waals surface area contributed by atoms with Crippen molar-refractivity contribution >= 4 is 11.9 Å². The molecule has 0 spiro atoms. The lowest BCUT2D eigenvalue weighted by Crippen LogP contribution is -2.41. The number of aromatic nitrogens is 2. The Hall–Kier alpha value is -4.50. The van der Waals surface area contributed by atoms with Crippen molar-refractivity contribution in [3.63, 3.8) is 0 Å². The van der Waals surface area contributed by atoms with E-state index in [0.29, 0.717) is 32.4 Å². The van der Waals surface area contributed by atoms with Crippen LogP contribution in [0.25, 0.3) is 0 Å². The van der Waals surface area contributed by atoms with E-state index in [4.69, 9.17) is 19.7 Å². The highest BCUT2D eigenvalue weighted by Crippen LogP contribution is 2.31. The van der Waals surface area contributed by atoms with Crippen molar-refractivity contribution in [3.8, 4) is 5.75 Å². The molecule has 0 aliphatic heterocycles. The average Bonchev–Trinajstić information content (AvgIpc) is 3.52. The third kappa shape index (κ3) is 8.50. The van der Waals surface area contributed by atoms with Crippen LogP contribution in [0.15, 0.2) is 89.5 Å². The Bertz CT molecular complexity index is 1410. The van der Waals surface area contributed by atoms with Gasteiger partial charge in [-0.2, -0.15) is 4.98 Å². The summed E-state index contributed by atoms with van der Waals surface area (Å²) >= 11 is 0. The molecule has 0 bridgehead atoms. The van der Waals surface area contributed by atoms with Crippen molar-refractivity contribution in [2.75, 3.05) is 13.2 Å². The quantitative estimate of drug-likeness (QED) is 0.139. The smallest absolute Gasteiger partial charge is 0.408 e. The average molecular weight is 571 g/mol. The van der Waals surface area contributed by atoms with E-state index < -0.39 is 23.3 Å². The molecule has 9 nitrogen and oxygen atoms in total.